The molecule has 1 unspecified atom stereocenters. The van der Waals surface area contributed by atoms with Gasteiger partial charge in [0.05, 0.1) is 5.75 Å². The van der Waals surface area contributed by atoms with Gasteiger partial charge in [0.25, 0.3) is 0 Å². The second-order valence-electron chi connectivity index (χ2n) is 8.08. The van der Waals surface area contributed by atoms with Gasteiger partial charge in [-0.2, -0.15) is 0 Å². The first-order chi connectivity index (χ1) is 14.7. The van der Waals surface area contributed by atoms with E-state index in [9.17, 15) is 4.79 Å². The minimum Gasteiger partial charge on any atom is -0.483 e. The number of thioether (sulfide) groups is 1. The van der Waals surface area contributed by atoms with Crippen molar-refractivity contribution in [3.8, 4) is 5.75 Å². The Morgan fingerprint density at radius 1 is 1.19 bits per heavy atom. The van der Waals surface area contributed by atoms with Crippen LogP contribution >= 0.6 is 23.1 Å². The molecule has 1 aromatic carbocycles. The molecule has 0 saturated carbocycles. The topological polar surface area (TPSA) is 94.8 Å². The number of rotatable bonds is 8. The second-order valence-corrected chi connectivity index (χ2v) is 10.2. The summed E-state index contributed by atoms with van der Waals surface area (Å²) in [5.41, 5.74) is 1.35. The highest BCUT2D eigenvalue weighted by molar-refractivity contribution is 7.99. The maximum atomic E-state index is 12.2. The Labute approximate surface area is 190 Å². The van der Waals surface area contributed by atoms with Gasteiger partial charge in [0.2, 0.25) is 11.0 Å². The maximum absolute atomic E-state index is 12.2. The smallest absolute Gasteiger partial charge is 0.236 e. The van der Waals surface area contributed by atoms with Gasteiger partial charge in [-0.05, 0) is 43.9 Å². The third-order valence-electron chi connectivity index (χ3n) is 4.56. The first kappa shape index (κ1) is 23.2. The molecule has 2 heterocycles. The maximum Gasteiger partial charge on any atom is 0.236 e. The van der Waals surface area contributed by atoms with Crippen molar-refractivity contribution in [3.63, 3.8) is 0 Å². The van der Waals surface area contributed by atoms with E-state index < -0.39 is 0 Å². The summed E-state index contributed by atoms with van der Waals surface area (Å²) in [4.78, 5) is 12.2. The summed E-state index contributed by atoms with van der Waals surface area (Å²) < 4.78 is 8.08. The van der Waals surface area contributed by atoms with Gasteiger partial charge in [-0.1, -0.05) is 56.0 Å². The molecule has 31 heavy (non-hydrogen) atoms. The number of benzene rings is 1. The molecular formula is C21H28N6O2S2. The summed E-state index contributed by atoms with van der Waals surface area (Å²) in [6, 6.07) is 8.15. The lowest BCUT2D eigenvalue weighted by atomic mass is 9.87. The molecule has 10 heteroatoms. The number of anilines is 1. The molecule has 0 aliphatic carbocycles. The number of carbonyl (C=O) groups is 1. The molecule has 1 N–H and O–H groups in total. The van der Waals surface area contributed by atoms with Crippen LogP contribution in [-0.4, -0.2) is 36.6 Å². The summed E-state index contributed by atoms with van der Waals surface area (Å²) in [5, 5.41) is 21.1. The van der Waals surface area contributed by atoms with Crippen LogP contribution in [-0.2, 0) is 16.8 Å². The number of nitrogens with zero attached hydrogens (tertiary/aromatic N) is 5. The minimum absolute atomic E-state index is 0.0971. The lowest BCUT2D eigenvalue weighted by molar-refractivity contribution is -0.113. The summed E-state index contributed by atoms with van der Waals surface area (Å²) >= 11 is 2.68. The predicted molar refractivity (Wildman–Crippen MR) is 124 cm³/mol. The van der Waals surface area contributed by atoms with Crippen molar-refractivity contribution < 1.29 is 9.53 Å². The van der Waals surface area contributed by atoms with Crippen molar-refractivity contribution in [3.05, 3.63) is 40.7 Å². The van der Waals surface area contributed by atoms with Crippen LogP contribution in [0.15, 0.2) is 29.4 Å². The number of hydrogen-bond acceptors (Lipinski definition) is 8. The molecule has 0 saturated heterocycles. The Kier molecular flexibility index (Phi) is 7.32. The molecule has 2 aromatic heterocycles. The van der Waals surface area contributed by atoms with E-state index >= 15 is 0 Å². The fourth-order valence-corrected chi connectivity index (χ4v) is 4.34. The van der Waals surface area contributed by atoms with E-state index in [-0.39, 0.29) is 23.2 Å². The van der Waals surface area contributed by atoms with E-state index in [2.05, 4.69) is 58.6 Å². The molecule has 0 radical (unpaired) electrons. The van der Waals surface area contributed by atoms with Crippen molar-refractivity contribution in [2.24, 2.45) is 0 Å². The van der Waals surface area contributed by atoms with E-state index in [1.807, 2.05) is 37.5 Å². The average molecular weight is 461 g/mol. The Bertz CT molecular complexity index is 1020. The van der Waals surface area contributed by atoms with Crippen LogP contribution in [0.5, 0.6) is 5.75 Å². The molecule has 0 spiro atoms. The van der Waals surface area contributed by atoms with Crippen LogP contribution < -0.4 is 10.1 Å². The molecule has 3 aromatic rings. The predicted octanol–water partition coefficient (Wildman–Crippen LogP) is 4.63. The minimum atomic E-state index is -0.277. The first-order valence-electron chi connectivity index (χ1n) is 10.1. The molecule has 3 rings (SSSR count). The number of aryl methyl sites for hydroxylation is 1. The van der Waals surface area contributed by atoms with Crippen LogP contribution in [0, 0.1) is 6.92 Å². The summed E-state index contributed by atoms with van der Waals surface area (Å²) in [6.45, 7) is 13.0. The number of aromatic nitrogens is 5. The van der Waals surface area contributed by atoms with Gasteiger partial charge < -0.3 is 9.30 Å². The van der Waals surface area contributed by atoms with Crippen molar-refractivity contribution in [1.29, 1.82) is 0 Å². The Balaban J connectivity index is 1.62. The molecule has 0 bridgehead atoms. The Morgan fingerprint density at radius 2 is 1.90 bits per heavy atom. The van der Waals surface area contributed by atoms with Crippen LogP contribution in [0.25, 0.3) is 0 Å². The van der Waals surface area contributed by atoms with Crippen LogP contribution in [0.4, 0.5) is 5.13 Å². The van der Waals surface area contributed by atoms with Crippen LogP contribution in [0.2, 0.25) is 0 Å². The number of nitrogens with one attached hydrogen (secondary N) is 1. The first-order valence-corrected chi connectivity index (χ1v) is 11.9. The molecule has 0 aliphatic rings. The van der Waals surface area contributed by atoms with Gasteiger partial charge in [0, 0.05) is 6.54 Å². The lowest BCUT2D eigenvalue weighted by Crippen LogP contribution is -2.15. The van der Waals surface area contributed by atoms with Crippen molar-refractivity contribution in [2.75, 3.05) is 11.1 Å². The fourth-order valence-electron chi connectivity index (χ4n) is 2.93. The summed E-state index contributed by atoms with van der Waals surface area (Å²) in [7, 11) is 0. The van der Waals surface area contributed by atoms with Gasteiger partial charge >= 0.3 is 0 Å². The quantitative estimate of drug-likeness (QED) is 0.490. The summed E-state index contributed by atoms with van der Waals surface area (Å²) in [6.07, 6.45) is -0.277. The van der Waals surface area contributed by atoms with E-state index in [0.29, 0.717) is 16.8 Å². The van der Waals surface area contributed by atoms with Gasteiger partial charge in [-0.3, -0.25) is 10.1 Å². The standard InChI is InChI=1S/C21H28N6O2S2/c1-7-27-18(13(2)29-16-10-8-15(9-11-16)21(4,5)6)24-26-20(27)30-12-17(28)22-19-25-23-14(3)31-19/h8-11,13H,7,12H2,1-6H3,(H,22,25,28). The van der Waals surface area contributed by atoms with Crippen LogP contribution in [0.3, 0.4) is 0 Å². The normalized spacial score (nSPS) is 12.6. The van der Waals surface area contributed by atoms with Gasteiger partial charge in [0.1, 0.15) is 10.8 Å². The number of amides is 1. The van der Waals surface area contributed by atoms with Gasteiger partial charge in [-0.15, -0.1) is 20.4 Å². The largest absolute Gasteiger partial charge is 0.483 e. The number of hydrogen-bond donors (Lipinski definition) is 1. The highest BCUT2D eigenvalue weighted by Crippen LogP contribution is 2.28. The van der Waals surface area contributed by atoms with E-state index in [1.165, 1.54) is 28.7 Å². The second kappa shape index (κ2) is 9.78. The number of ether oxygens (including phenoxy) is 1. The molecule has 1 atom stereocenters. The van der Waals surface area contributed by atoms with Crippen molar-refractivity contribution in [2.45, 2.75) is 64.8 Å². The Hall–Kier alpha value is -2.46. The van der Waals surface area contributed by atoms with E-state index in [0.717, 1.165) is 16.6 Å². The monoisotopic (exact) mass is 460 g/mol. The molecule has 8 nitrogen and oxygen atoms in total. The third-order valence-corrected chi connectivity index (χ3v) is 6.28. The highest BCUT2D eigenvalue weighted by Gasteiger charge is 2.20. The third kappa shape index (κ3) is 6.04. The molecule has 0 fully saturated rings. The molecule has 1 amide bonds. The Morgan fingerprint density at radius 3 is 2.48 bits per heavy atom. The number of carbonyl (C=O) groups excluding carboxylic acids is 1. The van der Waals surface area contributed by atoms with E-state index in [4.69, 9.17) is 4.74 Å². The van der Waals surface area contributed by atoms with Crippen LogP contribution in [0.1, 0.15) is 57.1 Å². The summed E-state index contributed by atoms with van der Waals surface area (Å²) in [5.74, 6) is 1.56. The molecule has 0 aliphatic heterocycles. The highest BCUT2D eigenvalue weighted by atomic mass is 32.2. The lowest BCUT2D eigenvalue weighted by Gasteiger charge is -2.20. The van der Waals surface area contributed by atoms with Crippen molar-refractivity contribution in [1.82, 2.24) is 25.0 Å². The van der Waals surface area contributed by atoms with Gasteiger partial charge in [-0.25, -0.2) is 0 Å². The zero-order valence-electron chi connectivity index (χ0n) is 18.7. The van der Waals surface area contributed by atoms with Gasteiger partial charge in [0.15, 0.2) is 17.1 Å². The zero-order valence-corrected chi connectivity index (χ0v) is 20.3. The average Bonchev–Trinajstić information content (AvgIpc) is 3.31. The SMILES string of the molecule is CCn1c(SCC(=O)Nc2nnc(C)s2)nnc1C(C)Oc1ccc(C(C)(C)C)cc1. The van der Waals surface area contributed by atoms with Crippen molar-refractivity contribution >= 4 is 34.1 Å². The van der Waals surface area contributed by atoms with E-state index in [1.54, 1.807) is 0 Å². The molecule has 166 valence electrons. The fraction of sp³-hybridized carbons (Fsp3) is 0.476. The molecular weight excluding hydrogens is 432 g/mol. The zero-order chi connectivity index (χ0) is 22.6.